The van der Waals surface area contributed by atoms with Crippen molar-refractivity contribution >= 4 is 17.2 Å². The topological polar surface area (TPSA) is 38.8 Å². The van der Waals surface area contributed by atoms with Crippen LogP contribution >= 0.6 is 11.3 Å². The van der Waals surface area contributed by atoms with Gasteiger partial charge in [0.25, 0.3) is 0 Å². The lowest BCUT2D eigenvalue weighted by Gasteiger charge is -2.25. The molecule has 0 spiro atoms. The summed E-state index contributed by atoms with van der Waals surface area (Å²) >= 11 is 1.68. The van der Waals surface area contributed by atoms with Crippen molar-refractivity contribution in [1.82, 2.24) is 4.90 Å². The van der Waals surface area contributed by atoms with E-state index in [0.29, 0.717) is 19.5 Å². The molecule has 1 fully saturated rings. The van der Waals surface area contributed by atoms with Gasteiger partial charge in [0.2, 0.25) is 5.91 Å². The van der Waals surface area contributed by atoms with E-state index in [1.807, 2.05) is 40.6 Å². The zero-order valence-corrected chi connectivity index (χ0v) is 14.8. The zero-order chi connectivity index (χ0) is 16.8. The molecular weight excluding hydrogens is 322 g/mol. The molecule has 1 aromatic heterocycles. The van der Waals surface area contributed by atoms with Crippen LogP contribution in [0.2, 0.25) is 0 Å². The number of nitrogens with zero attached hydrogens (tertiary/aromatic N) is 1. The first-order valence-corrected chi connectivity index (χ1v) is 9.17. The molecule has 128 valence electrons. The predicted molar refractivity (Wildman–Crippen MR) is 95.4 cm³/mol. The van der Waals surface area contributed by atoms with Gasteiger partial charge in [0, 0.05) is 18.0 Å². The third kappa shape index (κ3) is 4.58. The summed E-state index contributed by atoms with van der Waals surface area (Å²) in [7, 11) is 1.64. The molecule has 1 saturated heterocycles. The van der Waals surface area contributed by atoms with Crippen LogP contribution in [-0.4, -0.2) is 37.2 Å². The maximum absolute atomic E-state index is 12.9. The molecule has 0 N–H and O–H groups in total. The molecule has 0 bridgehead atoms. The first-order valence-electron chi connectivity index (χ1n) is 8.29. The summed E-state index contributed by atoms with van der Waals surface area (Å²) in [6.45, 7) is 2.13. The molecular formula is C19H23NO3S. The Balaban J connectivity index is 1.69. The number of thiophene rings is 1. The van der Waals surface area contributed by atoms with E-state index in [9.17, 15) is 4.79 Å². The highest BCUT2D eigenvalue weighted by Crippen LogP contribution is 2.19. The first-order chi connectivity index (χ1) is 11.7. The van der Waals surface area contributed by atoms with E-state index in [1.54, 1.807) is 18.4 Å². The maximum atomic E-state index is 12.9. The van der Waals surface area contributed by atoms with Crippen molar-refractivity contribution in [2.24, 2.45) is 0 Å². The molecule has 1 aromatic carbocycles. The van der Waals surface area contributed by atoms with Gasteiger partial charge in [0.15, 0.2) is 0 Å². The zero-order valence-electron chi connectivity index (χ0n) is 13.9. The van der Waals surface area contributed by atoms with Crippen LogP contribution < -0.4 is 4.74 Å². The third-order valence-electron chi connectivity index (χ3n) is 4.22. The predicted octanol–water partition coefficient (Wildman–Crippen LogP) is 3.51. The fourth-order valence-electron chi connectivity index (χ4n) is 2.95. The van der Waals surface area contributed by atoms with Crippen molar-refractivity contribution in [3.8, 4) is 5.75 Å². The summed E-state index contributed by atoms with van der Waals surface area (Å²) in [5, 5.41) is 2.05. The smallest absolute Gasteiger partial charge is 0.227 e. The highest BCUT2D eigenvalue weighted by Gasteiger charge is 2.23. The number of hydrogen-bond acceptors (Lipinski definition) is 4. The van der Waals surface area contributed by atoms with Crippen LogP contribution in [0.15, 0.2) is 41.8 Å². The Morgan fingerprint density at radius 3 is 3.00 bits per heavy atom. The van der Waals surface area contributed by atoms with Crippen molar-refractivity contribution in [2.45, 2.75) is 31.9 Å². The van der Waals surface area contributed by atoms with Crippen LogP contribution in [0.4, 0.5) is 0 Å². The number of ether oxygens (including phenoxy) is 2. The van der Waals surface area contributed by atoms with Crippen molar-refractivity contribution < 1.29 is 14.3 Å². The van der Waals surface area contributed by atoms with Gasteiger partial charge in [0.1, 0.15) is 5.75 Å². The van der Waals surface area contributed by atoms with Gasteiger partial charge in [-0.15, -0.1) is 11.3 Å². The highest BCUT2D eigenvalue weighted by molar-refractivity contribution is 7.09. The number of benzene rings is 1. The van der Waals surface area contributed by atoms with Gasteiger partial charge in [-0.2, -0.15) is 0 Å². The molecule has 0 radical (unpaired) electrons. The van der Waals surface area contributed by atoms with Crippen molar-refractivity contribution in [3.63, 3.8) is 0 Å². The van der Waals surface area contributed by atoms with Crippen LogP contribution in [0.5, 0.6) is 5.75 Å². The second kappa shape index (κ2) is 8.31. The average Bonchev–Trinajstić information content (AvgIpc) is 3.28. The van der Waals surface area contributed by atoms with Crippen molar-refractivity contribution in [1.29, 1.82) is 0 Å². The van der Waals surface area contributed by atoms with Gasteiger partial charge in [0.05, 0.1) is 26.2 Å². The van der Waals surface area contributed by atoms with E-state index in [-0.39, 0.29) is 12.0 Å². The molecule has 0 aliphatic carbocycles. The molecule has 1 atom stereocenters. The Morgan fingerprint density at radius 1 is 1.38 bits per heavy atom. The second-order valence-corrected chi connectivity index (χ2v) is 7.05. The number of amides is 1. The van der Waals surface area contributed by atoms with Gasteiger partial charge in [-0.1, -0.05) is 18.2 Å². The van der Waals surface area contributed by atoms with Gasteiger partial charge in [-0.3, -0.25) is 4.79 Å². The first kappa shape index (κ1) is 17.0. The van der Waals surface area contributed by atoms with E-state index in [4.69, 9.17) is 9.47 Å². The lowest BCUT2D eigenvalue weighted by atomic mass is 10.1. The van der Waals surface area contributed by atoms with E-state index < -0.39 is 0 Å². The number of methoxy groups -OCH3 is 1. The molecule has 3 rings (SSSR count). The van der Waals surface area contributed by atoms with Crippen molar-refractivity contribution in [2.75, 3.05) is 20.3 Å². The molecule has 1 unspecified atom stereocenters. The summed E-state index contributed by atoms with van der Waals surface area (Å²) < 4.78 is 11.0. The molecule has 1 amide bonds. The Kier molecular flexibility index (Phi) is 5.88. The molecule has 5 heteroatoms. The summed E-state index contributed by atoms with van der Waals surface area (Å²) in [5.41, 5.74) is 0.975. The van der Waals surface area contributed by atoms with Gasteiger partial charge in [-0.25, -0.2) is 0 Å². The van der Waals surface area contributed by atoms with Crippen molar-refractivity contribution in [3.05, 3.63) is 52.2 Å². The van der Waals surface area contributed by atoms with Gasteiger partial charge < -0.3 is 14.4 Å². The normalized spacial score (nSPS) is 17.0. The van der Waals surface area contributed by atoms with E-state index in [2.05, 4.69) is 6.07 Å². The molecule has 0 saturated carbocycles. The SMILES string of the molecule is COc1cccc(CC(=O)N(Cc2cccs2)CC2CCCO2)c1. The minimum atomic E-state index is 0.132. The third-order valence-corrected chi connectivity index (χ3v) is 5.08. The van der Waals surface area contributed by atoms with Gasteiger partial charge >= 0.3 is 0 Å². The Bertz CT molecular complexity index is 650. The van der Waals surface area contributed by atoms with Crippen LogP contribution in [-0.2, 0) is 22.5 Å². The molecule has 4 nitrogen and oxygen atoms in total. The number of rotatable bonds is 7. The van der Waals surface area contributed by atoms with E-state index in [1.165, 1.54) is 4.88 Å². The Morgan fingerprint density at radius 2 is 2.29 bits per heavy atom. The molecule has 2 aromatic rings. The van der Waals surface area contributed by atoms with Crippen LogP contribution in [0.25, 0.3) is 0 Å². The van der Waals surface area contributed by atoms with E-state index >= 15 is 0 Å². The Hall–Kier alpha value is -1.85. The molecule has 2 heterocycles. The molecule has 24 heavy (non-hydrogen) atoms. The second-order valence-electron chi connectivity index (χ2n) is 6.02. The summed E-state index contributed by atoms with van der Waals surface area (Å²) in [6.07, 6.45) is 2.67. The fourth-order valence-corrected chi connectivity index (χ4v) is 3.67. The summed E-state index contributed by atoms with van der Waals surface area (Å²) in [4.78, 5) is 16.0. The molecule has 1 aliphatic heterocycles. The maximum Gasteiger partial charge on any atom is 0.227 e. The van der Waals surface area contributed by atoms with Gasteiger partial charge in [-0.05, 0) is 42.0 Å². The summed E-state index contributed by atoms with van der Waals surface area (Å²) in [6, 6.07) is 11.8. The van der Waals surface area contributed by atoms with Crippen LogP contribution in [0.3, 0.4) is 0 Å². The largest absolute Gasteiger partial charge is 0.497 e. The lowest BCUT2D eigenvalue weighted by molar-refractivity contribution is -0.132. The van der Waals surface area contributed by atoms with Crippen LogP contribution in [0, 0.1) is 0 Å². The monoisotopic (exact) mass is 345 g/mol. The lowest BCUT2D eigenvalue weighted by Crippen LogP contribution is -2.37. The standard InChI is InChI=1S/C19H23NO3S/c1-22-16-6-2-5-15(11-16)12-19(21)20(13-17-7-3-9-23-17)14-18-8-4-10-24-18/h2,4-6,8,10-11,17H,3,7,9,12-14H2,1H3. The number of carbonyl (C=O) groups excluding carboxylic acids is 1. The number of hydrogen-bond donors (Lipinski definition) is 0. The number of carbonyl (C=O) groups is 1. The summed E-state index contributed by atoms with van der Waals surface area (Å²) in [5.74, 6) is 0.913. The van der Waals surface area contributed by atoms with E-state index in [0.717, 1.165) is 30.8 Å². The minimum Gasteiger partial charge on any atom is -0.497 e. The van der Waals surface area contributed by atoms with Crippen LogP contribution in [0.1, 0.15) is 23.3 Å². The highest BCUT2D eigenvalue weighted by atomic mass is 32.1. The quantitative estimate of drug-likeness (QED) is 0.771. The average molecular weight is 345 g/mol. The minimum absolute atomic E-state index is 0.132. The fraction of sp³-hybridized carbons (Fsp3) is 0.421. The molecule has 1 aliphatic rings. The Labute approximate surface area is 147 Å².